The fourth-order valence-corrected chi connectivity index (χ4v) is 5.49. The topological polar surface area (TPSA) is 12.0 Å². The number of fused-ring (bicyclic) bond motifs is 3. The number of rotatable bonds is 1. The summed E-state index contributed by atoms with van der Waals surface area (Å²) in [6, 6.07) is 24.6. The van der Waals surface area contributed by atoms with E-state index in [1.54, 1.807) is 11.1 Å². The molecule has 0 radical (unpaired) electrons. The van der Waals surface area contributed by atoms with Crippen molar-refractivity contribution in [2.24, 2.45) is 0 Å². The molecule has 3 aliphatic rings. The second-order valence-electron chi connectivity index (χ2n) is 7.54. The Bertz CT molecular complexity index is 973. The first-order chi connectivity index (χ1) is 11.9. The molecule has 2 aliphatic carbocycles. The minimum atomic E-state index is 0.270. The van der Waals surface area contributed by atoms with Crippen molar-refractivity contribution in [2.75, 3.05) is 5.32 Å². The highest BCUT2D eigenvalue weighted by Crippen LogP contribution is 2.65. The highest BCUT2D eigenvalue weighted by molar-refractivity contribution is 5.83. The fourth-order valence-electron chi connectivity index (χ4n) is 5.49. The van der Waals surface area contributed by atoms with Gasteiger partial charge in [-0.15, -0.1) is 0 Å². The van der Waals surface area contributed by atoms with Gasteiger partial charge in [-0.1, -0.05) is 54.6 Å². The van der Waals surface area contributed by atoms with Crippen molar-refractivity contribution in [3.8, 4) is 11.1 Å². The van der Waals surface area contributed by atoms with E-state index in [-0.39, 0.29) is 5.41 Å². The number of hydrogen-bond acceptors (Lipinski definition) is 1. The maximum Gasteiger partial charge on any atom is 0.0432 e. The van der Waals surface area contributed by atoms with Crippen LogP contribution in [0.4, 0.5) is 11.4 Å². The van der Waals surface area contributed by atoms with E-state index < -0.39 is 0 Å². The molecule has 6 rings (SSSR count). The maximum atomic E-state index is 3.74. The quantitative estimate of drug-likeness (QED) is 0.583. The van der Waals surface area contributed by atoms with Crippen molar-refractivity contribution >= 4 is 11.4 Å². The fraction of sp³-hybridized carbons (Fsp3) is 0.217. The zero-order valence-electron chi connectivity index (χ0n) is 13.5. The molecule has 1 N–H and O–H groups in total. The molecule has 3 aromatic carbocycles. The van der Waals surface area contributed by atoms with Crippen LogP contribution in [0.5, 0.6) is 0 Å². The molecule has 2 unspecified atom stereocenters. The highest BCUT2D eigenvalue weighted by atomic mass is 14.9. The number of anilines is 2. The van der Waals surface area contributed by atoms with Crippen LogP contribution < -0.4 is 5.32 Å². The molecule has 3 aromatic rings. The summed E-state index contributed by atoms with van der Waals surface area (Å²) in [4.78, 5) is 0. The molecule has 1 fully saturated rings. The van der Waals surface area contributed by atoms with E-state index in [9.17, 15) is 0 Å². The van der Waals surface area contributed by atoms with Crippen molar-refractivity contribution in [1.29, 1.82) is 0 Å². The first-order valence-corrected chi connectivity index (χ1v) is 8.96. The van der Waals surface area contributed by atoms with Crippen molar-refractivity contribution in [1.82, 2.24) is 0 Å². The Kier molecular flexibility index (Phi) is 2.30. The minimum Gasteiger partial charge on any atom is -0.355 e. The molecule has 0 aromatic heterocycles. The molecule has 24 heavy (non-hydrogen) atoms. The molecule has 1 saturated carbocycles. The lowest BCUT2D eigenvalue weighted by atomic mass is 9.70. The Morgan fingerprint density at radius 1 is 0.833 bits per heavy atom. The zero-order chi connectivity index (χ0) is 15.7. The van der Waals surface area contributed by atoms with Crippen LogP contribution >= 0.6 is 0 Å². The maximum absolute atomic E-state index is 3.74. The number of benzene rings is 3. The molecule has 116 valence electrons. The van der Waals surface area contributed by atoms with Gasteiger partial charge in [0, 0.05) is 16.8 Å². The van der Waals surface area contributed by atoms with Crippen LogP contribution in [-0.2, 0) is 5.41 Å². The van der Waals surface area contributed by atoms with Gasteiger partial charge in [-0.3, -0.25) is 0 Å². The summed E-state index contributed by atoms with van der Waals surface area (Å²) in [7, 11) is 0. The van der Waals surface area contributed by atoms with E-state index in [0.29, 0.717) is 0 Å². The largest absolute Gasteiger partial charge is 0.355 e. The Morgan fingerprint density at radius 2 is 1.75 bits per heavy atom. The lowest BCUT2D eigenvalue weighted by Gasteiger charge is -2.38. The summed E-state index contributed by atoms with van der Waals surface area (Å²) in [5, 5.41) is 3.74. The summed E-state index contributed by atoms with van der Waals surface area (Å²) >= 11 is 0. The van der Waals surface area contributed by atoms with Gasteiger partial charge in [0.15, 0.2) is 0 Å². The second-order valence-corrected chi connectivity index (χ2v) is 7.54. The van der Waals surface area contributed by atoms with Crippen LogP contribution in [-0.4, -0.2) is 0 Å². The van der Waals surface area contributed by atoms with Gasteiger partial charge in [0.25, 0.3) is 0 Å². The standard InChI is InChI=1S/C23H19N/c1-2-5-15(6-3-1)16-9-10-19-21(13-16)24-20-8-4-7-18-17-11-12-23(19,14-17)22(18)20/h1-10,13,17,24H,11-12,14H2. The first kappa shape index (κ1) is 12.8. The molecular formula is C23H19N. The third-order valence-corrected chi connectivity index (χ3v) is 6.44. The molecule has 2 bridgehead atoms. The highest BCUT2D eigenvalue weighted by Gasteiger charge is 2.53. The number of nitrogens with one attached hydrogen (secondary N) is 1. The monoisotopic (exact) mass is 309 g/mol. The summed E-state index contributed by atoms with van der Waals surface area (Å²) in [5.74, 6) is 0.765. The van der Waals surface area contributed by atoms with Gasteiger partial charge in [-0.2, -0.15) is 0 Å². The van der Waals surface area contributed by atoms with Gasteiger partial charge in [-0.05, 0) is 65.1 Å². The zero-order valence-corrected chi connectivity index (χ0v) is 13.5. The number of hydrogen-bond donors (Lipinski definition) is 1. The van der Waals surface area contributed by atoms with Gasteiger partial charge in [-0.25, -0.2) is 0 Å². The van der Waals surface area contributed by atoms with Crippen molar-refractivity contribution in [2.45, 2.75) is 30.6 Å². The average Bonchev–Trinajstić information content (AvgIpc) is 3.21. The lowest BCUT2D eigenvalue weighted by molar-refractivity contribution is 0.548. The molecule has 2 atom stereocenters. The van der Waals surface area contributed by atoms with E-state index in [0.717, 1.165) is 5.92 Å². The summed E-state index contributed by atoms with van der Waals surface area (Å²) in [6.45, 7) is 0. The SMILES string of the molecule is c1ccc(-c2ccc3c(c2)Nc2cccc4c2C32CCC4C2)cc1. The minimum absolute atomic E-state index is 0.270. The second kappa shape index (κ2) is 4.30. The average molecular weight is 309 g/mol. The third kappa shape index (κ3) is 1.46. The van der Waals surface area contributed by atoms with Crippen LogP contribution in [0.3, 0.4) is 0 Å². The van der Waals surface area contributed by atoms with Crippen molar-refractivity contribution < 1.29 is 0 Å². The van der Waals surface area contributed by atoms with Gasteiger partial charge in [0.05, 0.1) is 0 Å². The van der Waals surface area contributed by atoms with Crippen LogP contribution in [0.25, 0.3) is 11.1 Å². The van der Waals surface area contributed by atoms with E-state index in [4.69, 9.17) is 0 Å². The third-order valence-electron chi connectivity index (χ3n) is 6.44. The van der Waals surface area contributed by atoms with Crippen LogP contribution in [0.2, 0.25) is 0 Å². The van der Waals surface area contributed by atoms with Crippen LogP contribution in [0.1, 0.15) is 41.9 Å². The summed E-state index contributed by atoms with van der Waals surface area (Å²) in [5.41, 5.74) is 10.2. The van der Waals surface area contributed by atoms with Gasteiger partial charge in [0.2, 0.25) is 0 Å². The molecule has 1 heteroatoms. The van der Waals surface area contributed by atoms with E-state index in [1.807, 2.05) is 0 Å². The predicted molar refractivity (Wildman–Crippen MR) is 99.0 cm³/mol. The Labute approximate surface area is 142 Å². The Morgan fingerprint density at radius 3 is 2.67 bits per heavy atom. The van der Waals surface area contributed by atoms with Gasteiger partial charge >= 0.3 is 0 Å². The smallest absolute Gasteiger partial charge is 0.0432 e. The molecule has 0 saturated heterocycles. The Hall–Kier alpha value is -2.54. The molecule has 1 spiro atoms. The molecule has 1 heterocycles. The van der Waals surface area contributed by atoms with Gasteiger partial charge < -0.3 is 5.32 Å². The first-order valence-electron chi connectivity index (χ1n) is 8.96. The van der Waals surface area contributed by atoms with Crippen LogP contribution in [0, 0.1) is 0 Å². The van der Waals surface area contributed by atoms with E-state index in [1.165, 1.54) is 47.3 Å². The molecular weight excluding hydrogens is 290 g/mol. The molecule has 1 aliphatic heterocycles. The molecule has 1 nitrogen and oxygen atoms in total. The van der Waals surface area contributed by atoms with Crippen molar-refractivity contribution in [3.05, 3.63) is 83.4 Å². The van der Waals surface area contributed by atoms with E-state index in [2.05, 4.69) is 72.0 Å². The van der Waals surface area contributed by atoms with Crippen molar-refractivity contribution in [3.63, 3.8) is 0 Å². The normalized spacial score (nSPS) is 25.1. The van der Waals surface area contributed by atoms with Crippen LogP contribution in [0.15, 0.2) is 66.7 Å². The predicted octanol–water partition coefficient (Wildman–Crippen LogP) is 5.98. The van der Waals surface area contributed by atoms with E-state index >= 15 is 0 Å². The lowest BCUT2D eigenvalue weighted by Crippen LogP contribution is -2.28. The summed E-state index contributed by atoms with van der Waals surface area (Å²) < 4.78 is 0. The van der Waals surface area contributed by atoms with Gasteiger partial charge in [0.1, 0.15) is 0 Å². The molecule has 0 amide bonds. The summed E-state index contributed by atoms with van der Waals surface area (Å²) in [6.07, 6.45) is 3.95. The Balaban J connectivity index is 1.58.